The zero-order valence-corrected chi connectivity index (χ0v) is 18.0. The fourth-order valence-corrected chi connectivity index (χ4v) is 3.63. The van der Waals surface area contributed by atoms with Crippen LogP contribution in [0.1, 0.15) is 0 Å². The number of carbonyl (C=O) groups excluding carboxylic acids is 1. The number of hydrogen-bond acceptors (Lipinski definition) is 6. The largest absolute Gasteiger partial charge is 0.497 e. The second-order valence-corrected chi connectivity index (χ2v) is 7.45. The number of ether oxygens (including phenoxy) is 4. The number of para-hydroxylation sites is 1. The molecule has 0 saturated heterocycles. The van der Waals surface area contributed by atoms with E-state index in [0.717, 1.165) is 27.9 Å². The van der Waals surface area contributed by atoms with Crippen LogP contribution in [0.3, 0.4) is 0 Å². The maximum Gasteiger partial charge on any atom is 0.262 e. The SMILES string of the molecule is COc1ccc(-c2cc(OCC(=O)Nc3ccc4c(c3)OCCO4)c3ccccc3n2)cc1. The zero-order chi connectivity index (χ0) is 22.6. The van der Waals surface area contributed by atoms with Crippen molar-refractivity contribution < 1.29 is 23.7 Å². The smallest absolute Gasteiger partial charge is 0.262 e. The van der Waals surface area contributed by atoms with Gasteiger partial charge in [-0.1, -0.05) is 12.1 Å². The van der Waals surface area contributed by atoms with Crippen LogP contribution >= 0.6 is 0 Å². The van der Waals surface area contributed by atoms with E-state index in [9.17, 15) is 4.79 Å². The predicted octanol–water partition coefficient (Wildman–Crippen LogP) is 4.70. The summed E-state index contributed by atoms with van der Waals surface area (Å²) < 4.78 is 22.3. The molecule has 1 N–H and O–H groups in total. The highest BCUT2D eigenvalue weighted by Crippen LogP contribution is 2.33. The molecule has 0 bridgehead atoms. The summed E-state index contributed by atoms with van der Waals surface area (Å²) in [6, 6.07) is 22.5. The highest BCUT2D eigenvalue weighted by Gasteiger charge is 2.14. The molecule has 166 valence electrons. The van der Waals surface area contributed by atoms with Crippen molar-refractivity contribution in [2.45, 2.75) is 0 Å². The van der Waals surface area contributed by atoms with Crippen LogP contribution in [0.5, 0.6) is 23.0 Å². The molecule has 0 radical (unpaired) electrons. The highest BCUT2D eigenvalue weighted by atomic mass is 16.6. The third kappa shape index (κ3) is 4.52. The molecule has 4 aromatic rings. The van der Waals surface area contributed by atoms with Gasteiger partial charge >= 0.3 is 0 Å². The van der Waals surface area contributed by atoms with Gasteiger partial charge in [-0.3, -0.25) is 4.79 Å². The Balaban J connectivity index is 1.35. The minimum absolute atomic E-state index is 0.148. The van der Waals surface area contributed by atoms with Crippen molar-refractivity contribution >= 4 is 22.5 Å². The average molecular weight is 442 g/mol. The van der Waals surface area contributed by atoms with Gasteiger partial charge in [0.1, 0.15) is 24.7 Å². The first-order chi connectivity index (χ1) is 16.2. The Kier molecular flexibility index (Phi) is 5.68. The van der Waals surface area contributed by atoms with Gasteiger partial charge in [-0.25, -0.2) is 4.98 Å². The topological polar surface area (TPSA) is 78.9 Å². The van der Waals surface area contributed by atoms with Crippen molar-refractivity contribution in [2.24, 2.45) is 0 Å². The number of anilines is 1. The number of amides is 1. The fourth-order valence-electron chi connectivity index (χ4n) is 3.63. The van der Waals surface area contributed by atoms with Gasteiger partial charge in [-0.15, -0.1) is 0 Å². The maximum atomic E-state index is 12.6. The lowest BCUT2D eigenvalue weighted by Gasteiger charge is -2.19. The minimum atomic E-state index is -0.279. The molecule has 0 atom stereocenters. The maximum absolute atomic E-state index is 12.6. The Hall–Kier alpha value is -4.26. The van der Waals surface area contributed by atoms with Crippen LogP contribution in [0, 0.1) is 0 Å². The molecule has 0 saturated carbocycles. The summed E-state index contributed by atoms with van der Waals surface area (Å²) in [5, 5.41) is 3.68. The Morgan fingerprint density at radius 1 is 0.970 bits per heavy atom. The minimum Gasteiger partial charge on any atom is -0.497 e. The number of pyridine rings is 1. The van der Waals surface area contributed by atoms with Crippen LogP contribution in [0.25, 0.3) is 22.2 Å². The van der Waals surface area contributed by atoms with Crippen molar-refractivity contribution in [1.82, 2.24) is 4.98 Å². The Bertz CT molecular complexity index is 1300. The Labute approximate surface area is 190 Å². The Morgan fingerprint density at radius 3 is 2.58 bits per heavy atom. The quantitative estimate of drug-likeness (QED) is 0.466. The van der Waals surface area contributed by atoms with Crippen LogP contribution < -0.4 is 24.3 Å². The molecule has 7 heteroatoms. The molecule has 0 aliphatic carbocycles. The summed E-state index contributed by atoms with van der Waals surface area (Å²) in [7, 11) is 1.63. The first kappa shape index (κ1) is 20.6. The lowest BCUT2D eigenvalue weighted by molar-refractivity contribution is -0.118. The van der Waals surface area contributed by atoms with Gasteiger partial charge in [0.25, 0.3) is 5.91 Å². The molecular formula is C26H22N2O5. The van der Waals surface area contributed by atoms with E-state index in [1.165, 1.54) is 0 Å². The molecule has 33 heavy (non-hydrogen) atoms. The van der Waals surface area contributed by atoms with E-state index >= 15 is 0 Å². The van der Waals surface area contributed by atoms with Crippen molar-refractivity contribution in [2.75, 3.05) is 32.2 Å². The van der Waals surface area contributed by atoms with E-state index in [0.29, 0.717) is 36.1 Å². The normalized spacial score (nSPS) is 12.3. The number of fused-ring (bicyclic) bond motifs is 2. The van der Waals surface area contributed by atoms with Crippen LogP contribution in [0.2, 0.25) is 0 Å². The molecule has 1 aromatic heterocycles. The molecule has 1 aliphatic rings. The first-order valence-electron chi connectivity index (χ1n) is 10.6. The zero-order valence-electron chi connectivity index (χ0n) is 18.0. The lowest BCUT2D eigenvalue weighted by atomic mass is 10.1. The van der Waals surface area contributed by atoms with E-state index in [1.54, 1.807) is 25.3 Å². The summed E-state index contributed by atoms with van der Waals surface area (Å²) >= 11 is 0. The summed E-state index contributed by atoms with van der Waals surface area (Å²) in [4.78, 5) is 17.3. The number of benzene rings is 3. The van der Waals surface area contributed by atoms with E-state index in [2.05, 4.69) is 5.32 Å². The number of nitrogens with zero attached hydrogens (tertiary/aromatic N) is 1. The van der Waals surface area contributed by atoms with E-state index < -0.39 is 0 Å². The van der Waals surface area contributed by atoms with Crippen LogP contribution in [-0.2, 0) is 4.79 Å². The molecule has 1 aliphatic heterocycles. The third-order valence-electron chi connectivity index (χ3n) is 5.25. The molecule has 5 rings (SSSR count). The van der Waals surface area contributed by atoms with Crippen LogP contribution in [0.4, 0.5) is 5.69 Å². The van der Waals surface area contributed by atoms with Crippen molar-refractivity contribution in [3.05, 3.63) is 72.8 Å². The second kappa shape index (κ2) is 9.08. The van der Waals surface area contributed by atoms with E-state index in [1.807, 2.05) is 54.6 Å². The van der Waals surface area contributed by atoms with Gasteiger partial charge in [0.2, 0.25) is 0 Å². The van der Waals surface area contributed by atoms with Crippen LogP contribution in [-0.4, -0.2) is 37.8 Å². The molecule has 7 nitrogen and oxygen atoms in total. The number of carbonyl (C=O) groups is 1. The second-order valence-electron chi connectivity index (χ2n) is 7.45. The number of aromatic nitrogens is 1. The van der Waals surface area contributed by atoms with Crippen molar-refractivity contribution in [3.63, 3.8) is 0 Å². The molecule has 2 heterocycles. The number of methoxy groups -OCH3 is 1. The summed E-state index contributed by atoms with van der Waals surface area (Å²) in [6.45, 7) is 0.856. The third-order valence-corrected chi connectivity index (χ3v) is 5.25. The molecule has 1 amide bonds. The summed E-state index contributed by atoms with van der Waals surface area (Å²) in [6.07, 6.45) is 0. The Morgan fingerprint density at radius 2 is 1.76 bits per heavy atom. The van der Waals surface area contributed by atoms with Gasteiger partial charge < -0.3 is 24.3 Å². The number of rotatable bonds is 6. The lowest BCUT2D eigenvalue weighted by Crippen LogP contribution is -2.21. The van der Waals surface area contributed by atoms with Gasteiger partial charge in [0.15, 0.2) is 18.1 Å². The summed E-state index contributed by atoms with van der Waals surface area (Å²) in [5.74, 6) is 2.36. The number of hydrogen-bond donors (Lipinski definition) is 1. The van der Waals surface area contributed by atoms with Gasteiger partial charge in [0, 0.05) is 28.8 Å². The van der Waals surface area contributed by atoms with Crippen molar-refractivity contribution in [3.8, 4) is 34.3 Å². The molecular weight excluding hydrogens is 420 g/mol. The average Bonchev–Trinajstić information content (AvgIpc) is 2.87. The fraction of sp³-hybridized carbons (Fsp3) is 0.154. The van der Waals surface area contributed by atoms with E-state index in [4.69, 9.17) is 23.9 Å². The van der Waals surface area contributed by atoms with Gasteiger partial charge in [-0.2, -0.15) is 0 Å². The standard InChI is InChI=1S/C26H22N2O5/c1-30-19-9-6-17(7-10-19)22-15-24(20-4-2-3-5-21(20)28-22)33-16-26(29)27-18-8-11-23-25(14-18)32-13-12-31-23/h2-11,14-15H,12-13,16H2,1H3,(H,27,29). The highest BCUT2D eigenvalue weighted by molar-refractivity contribution is 5.93. The van der Waals surface area contributed by atoms with Gasteiger partial charge in [-0.05, 0) is 48.5 Å². The van der Waals surface area contributed by atoms with Crippen molar-refractivity contribution in [1.29, 1.82) is 0 Å². The van der Waals surface area contributed by atoms with Crippen LogP contribution in [0.15, 0.2) is 72.8 Å². The summed E-state index contributed by atoms with van der Waals surface area (Å²) in [5.41, 5.74) is 3.07. The van der Waals surface area contributed by atoms with E-state index in [-0.39, 0.29) is 12.5 Å². The molecule has 3 aromatic carbocycles. The van der Waals surface area contributed by atoms with Gasteiger partial charge in [0.05, 0.1) is 18.3 Å². The molecule has 0 unspecified atom stereocenters. The molecule has 0 fully saturated rings. The molecule has 0 spiro atoms. The monoisotopic (exact) mass is 442 g/mol. The predicted molar refractivity (Wildman–Crippen MR) is 125 cm³/mol. The first-order valence-corrected chi connectivity index (χ1v) is 10.6. The number of nitrogens with one attached hydrogen (secondary N) is 1.